The van der Waals surface area contributed by atoms with Crippen LogP contribution in [0.15, 0.2) is 54.7 Å². The Morgan fingerprint density at radius 3 is 2.43 bits per heavy atom. The molecule has 3 fully saturated rings. The van der Waals surface area contributed by atoms with Gasteiger partial charge in [0, 0.05) is 12.3 Å². The van der Waals surface area contributed by atoms with Gasteiger partial charge in [0.2, 0.25) is 11.8 Å². The third-order valence-corrected chi connectivity index (χ3v) is 6.35. The summed E-state index contributed by atoms with van der Waals surface area (Å²) in [6.45, 7) is 0.582. The smallest absolute Gasteiger partial charge is 0.241 e. The molecule has 3 aromatic rings. The first kappa shape index (κ1) is 16.0. The number of amides is 2. The van der Waals surface area contributed by atoms with Gasteiger partial charge in [-0.05, 0) is 29.2 Å². The quantitative estimate of drug-likeness (QED) is 0.662. The van der Waals surface area contributed by atoms with Crippen molar-refractivity contribution in [1.29, 1.82) is 0 Å². The van der Waals surface area contributed by atoms with E-state index in [-0.39, 0.29) is 35.9 Å². The third kappa shape index (κ3) is 2.15. The van der Waals surface area contributed by atoms with Crippen molar-refractivity contribution in [3.63, 3.8) is 0 Å². The summed E-state index contributed by atoms with van der Waals surface area (Å²) < 4.78 is 7.58. The Balaban J connectivity index is 1.30. The lowest BCUT2D eigenvalue weighted by Crippen LogP contribution is -2.34. The molecule has 3 aliphatic rings. The van der Waals surface area contributed by atoms with Gasteiger partial charge in [0.25, 0.3) is 0 Å². The summed E-state index contributed by atoms with van der Waals surface area (Å²) in [5.41, 5.74) is 1.15. The summed E-state index contributed by atoms with van der Waals surface area (Å²) in [7, 11) is 0. The van der Waals surface area contributed by atoms with Crippen LogP contribution in [0.1, 0.15) is 18.4 Å². The molecule has 0 aliphatic carbocycles. The van der Waals surface area contributed by atoms with E-state index >= 15 is 0 Å². The molecule has 3 aliphatic heterocycles. The maximum Gasteiger partial charge on any atom is 0.241 e. The van der Waals surface area contributed by atoms with Crippen LogP contribution in [0.5, 0.6) is 0 Å². The molecule has 6 nitrogen and oxygen atoms in total. The maximum atomic E-state index is 12.9. The van der Waals surface area contributed by atoms with Crippen molar-refractivity contribution in [2.45, 2.75) is 31.6 Å². The van der Waals surface area contributed by atoms with E-state index in [1.807, 2.05) is 24.4 Å². The number of carbonyl (C=O) groups is 2. The van der Waals surface area contributed by atoms with E-state index in [0.717, 1.165) is 18.4 Å². The Labute approximate surface area is 161 Å². The molecule has 4 heterocycles. The van der Waals surface area contributed by atoms with Crippen molar-refractivity contribution < 1.29 is 14.3 Å². The summed E-state index contributed by atoms with van der Waals surface area (Å²) in [4.78, 5) is 27.1. The molecule has 6 heteroatoms. The van der Waals surface area contributed by atoms with Crippen LogP contribution in [0.2, 0.25) is 0 Å². The number of imide groups is 1. The Morgan fingerprint density at radius 2 is 1.64 bits per heavy atom. The standard InChI is InChI=1S/C22H19N3O3/c26-21-19-16-8-9-17(28-16)20(19)22(27)25(21)18-10-11-24(23-18)12-14-6-3-5-13-4-1-2-7-15(13)14/h1-7,10-11,16-17,19-20H,8-9,12H2/t16-,17+,19-,20-/m0/s1. The summed E-state index contributed by atoms with van der Waals surface area (Å²) in [6.07, 6.45) is 3.36. The Bertz CT molecular complexity index is 1090. The molecule has 0 N–H and O–H groups in total. The maximum absolute atomic E-state index is 12.9. The average Bonchev–Trinajstić information content (AvgIpc) is 3.47. The predicted octanol–water partition coefficient (Wildman–Crippen LogP) is 2.75. The Hall–Kier alpha value is -2.99. The molecule has 2 amide bonds. The van der Waals surface area contributed by atoms with E-state index in [2.05, 4.69) is 29.4 Å². The Kier molecular flexibility index (Phi) is 3.29. The number of anilines is 1. The topological polar surface area (TPSA) is 64.4 Å². The number of fused-ring (bicyclic) bond motifs is 6. The molecule has 2 aromatic carbocycles. The van der Waals surface area contributed by atoms with Gasteiger partial charge in [0.15, 0.2) is 5.82 Å². The van der Waals surface area contributed by atoms with Crippen molar-refractivity contribution in [3.05, 3.63) is 60.3 Å². The molecule has 4 atom stereocenters. The lowest BCUT2D eigenvalue weighted by molar-refractivity contribution is -0.124. The number of hydrogen-bond donors (Lipinski definition) is 0. The van der Waals surface area contributed by atoms with Gasteiger partial charge in [-0.2, -0.15) is 5.10 Å². The second-order valence-corrected chi connectivity index (χ2v) is 7.86. The van der Waals surface area contributed by atoms with E-state index in [1.54, 1.807) is 10.7 Å². The van der Waals surface area contributed by atoms with Crippen molar-refractivity contribution in [2.75, 3.05) is 4.90 Å². The molecule has 3 saturated heterocycles. The highest BCUT2D eigenvalue weighted by Crippen LogP contribution is 2.49. The molecule has 0 unspecified atom stereocenters. The zero-order chi connectivity index (χ0) is 18.8. The SMILES string of the molecule is O=C1[C@@H]2[C@@H](C(=O)N1c1ccn(Cc3cccc4ccccc34)n1)[C@H]1CC[C@@H]2O1. The van der Waals surface area contributed by atoms with E-state index < -0.39 is 0 Å². The number of benzene rings is 2. The highest BCUT2D eigenvalue weighted by molar-refractivity contribution is 6.22. The number of ether oxygens (including phenoxy) is 1. The minimum atomic E-state index is -0.325. The van der Waals surface area contributed by atoms with Gasteiger partial charge in [0.1, 0.15) is 0 Å². The van der Waals surface area contributed by atoms with Gasteiger partial charge in [0.05, 0.1) is 30.6 Å². The van der Waals surface area contributed by atoms with Crippen molar-refractivity contribution >= 4 is 28.4 Å². The lowest BCUT2D eigenvalue weighted by atomic mass is 9.81. The molecule has 28 heavy (non-hydrogen) atoms. The van der Waals surface area contributed by atoms with Gasteiger partial charge < -0.3 is 4.74 Å². The zero-order valence-electron chi connectivity index (χ0n) is 15.2. The molecular weight excluding hydrogens is 354 g/mol. The van der Waals surface area contributed by atoms with E-state index in [1.165, 1.54) is 15.7 Å². The van der Waals surface area contributed by atoms with E-state index in [4.69, 9.17) is 4.74 Å². The monoisotopic (exact) mass is 373 g/mol. The average molecular weight is 373 g/mol. The number of aromatic nitrogens is 2. The summed E-state index contributed by atoms with van der Waals surface area (Å²) >= 11 is 0. The first-order valence-corrected chi connectivity index (χ1v) is 9.74. The van der Waals surface area contributed by atoms with Crippen LogP contribution in [-0.2, 0) is 20.9 Å². The summed E-state index contributed by atoms with van der Waals surface area (Å²) in [5, 5.41) is 6.91. The van der Waals surface area contributed by atoms with Gasteiger partial charge in [-0.25, -0.2) is 4.90 Å². The predicted molar refractivity (Wildman–Crippen MR) is 103 cm³/mol. The fraction of sp³-hybridized carbons (Fsp3) is 0.318. The fourth-order valence-corrected chi connectivity index (χ4v) is 5.10. The molecule has 6 rings (SSSR count). The Morgan fingerprint density at radius 1 is 0.929 bits per heavy atom. The minimum Gasteiger partial charge on any atom is -0.373 e. The van der Waals surface area contributed by atoms with Crippen LogP contribution in [0.4, 0.5) is 5.82 Å². The largest absolute Gasteiger partial charge is 0.373 e. The molecule has 2 bridgehead atoms. The molecular formula is C22H19N3O3. The third-order valence-electron chi connectivity index (χ3n) is 6.35. The van der Waals surface area contributed by atoms with Crippen LogP contribution < -0.4 is 4.90 Å². The second-order valence-electron chi connectivity index (χ2n) is 7.86. The highest BCUT2D eigenvalue weighted by Gasteiger charge is 2.63. The van der Waals surface area contributed by atoms with Gasteiger partial charge in [-0.15, -0.1) is 0 Å². The van der Waals surface area contributed by atoms with Crippen molar-refractivity contribution in [3.8, 4) is 0 Å². The molecule has 1 aromatic heterocycles. The van der Waals surface area contributed by atoms with Crippen LogP contribution in [0.3, 0.4) is 0 Å². The lowest BCUT2D eigenvalue weighted by Gasteiger charge is -2.15. The molecule has 0 spiro atoms. The molecule has 0 radical (unpaired) electrons. The van der Waals surface area contributed by atoms with Gasteiger partial charge in [-0.3, -0.25) is 14.3 Å². The minimum absolute atomic E-state index is 0.103. The van der Waals surface area contributed by atoms with Gasteiger partial charge in [-0.1, -0.05) is 42.5 Å². The highest BCUT2D eigenvalue weighted by atomic mass is 16.5. The van der Waals surface area contributed by atoms with Crippen molar-refractivity contribution in [1.82, 2.24) is 9.78 Å². The first-order valence-electron chi connectivity index (χ1n) is 9.74. The summed E-state index contributed by atoms with van der Waals surface area (Å²) in [6, 6.07) is 16.2. The van der Waals surface area contributed by atoms with E-state index in [0.29, 0.717) is 12.4 Å². The normalized spacial score (nSPS) is 28.5. The van der Waals surface area contributed by atoms with Crippen molar-refractivity contribution in [2.24, 2.45) is 11.8 Å². The van der Waals surface area contributed by atoms with E-state index in [9.17, 15) is 9.59 Å². The number of nitrogens with zero attached hydrogens (tertiary/aromatic N) is 3. The van der Waals surface area contributed by atoms with Crippen LogP contribution >= 0.6 is 0 Å². The summed E-state index contributed by atoms with van der Waals surface area (Å²) in [5.74, 6) is -0.539. The first-order chi connectivity index (χ1) is 13.7. The van der Waals surface area contributed by atoms with Crippen LogP contribution in [0, 0.1) is 11.8 Å². The second kappa shape index (κ2) is 5.75. The van der Waals surface area contributed by atoms with Crippen LogP contribution in [-0.4, -0.2) is 33.8 Å². The molecule has 0 saturated carbocycles. The number of rotatable bonds is 3. The van der Waals surface area contributed by atoms with Crippen LogP contribution in [0.25, 0.3) is 10.8 Å². The number of hydrogen-bond acceptors (Lipinski definition) is 4. The number of carbonyl (C=O) groups excluding carboxylic acids is 2. The van der Waals surface area contributed by atoms with Gasteiger partial charge >= 0.3 is 0 Å². The molecule has 140 valence electrons. The zero-order valence-corrected chi connectivity index (χ0v) is 15.2. The fourth-order valence-electron chi connectivity index (χ4n) is 5.10.